The second-order valence-corrected chi connectivity index (χ2v) is 4.05. The molecular formula is C9H16BrN3S. The minimum atomic E-state index is 0. The third-order valence-corrected chi connectivity index (χ3v) is 3.19. The lowest BCUT2D eigenvalue weighted by Crippen LogP contribution is -3.00. The van der Waals surface area contributed by atoms with Crippen LogP contribution in [0.5, 0.6) is 0 Å². The lowest BCUT2D eigenvalue weighted by molar-refractivity contribution is -0.709. The summed E-state index contributed by atoms with van der Waals surface area (Å²) < 4.78 is 4.21. The van der Waals surface area contributed by atoms with Gasteiger partial charge in [0.2, 0.25) is 0 Å². The van der Waals surface area contributed by atoms with Crippen LogP contribution in [0.1, 0.15) is 12.8 Å². The SMILES string of the molecule is C[n+]1ccn(C[C@@H]2CCCN2)c1S.[Br-]. The number of halogens is 1. The monoisotopic (exact) mass is 277 g/mol. The average molecular weight is 278 g/mol. The first kappa shape index (κ1) is 12.1. The summed E-state index contributed by atoms with van der Waals surface area (Å²) >= 11 is 4.43. The summed E-state index contributed by atoms with van der Waals surface area (Å²) in [5.41, 5.74) is 0. The molecule has 0 spiro atoms. The van der Waals surface area contributed by atoms with Crippen molar-refractivity contribution >= 4 is 12.6 Å². The predicted octanol–water partition coefficient (Wildman–Crippen LogP) is -2.64. The van der Waals surface area contributed by atoms with Crippen molar-refractivity contribution in [3.05, 3.63) is 12.4 Å². The quantitative estimate of drug-likeness (QED) is 0.448. The summed E-state index contributed by atoms with van der Waals surface area (Å²) in [5, 5.41) is 4.50. The maximum atomic E-state index is 4.43. The molecule has 2 heterocycles. The van der Waals surface area contributed by atoms with Crippen LogP contribution in [-0.4, -0.2) is 17.2 Å². The summed E-state index contributed by atoms with van der Waals surface area (Å²) in [6, 6.07) is 0.637. The predicted molar refractivity (Wildman–Crippen MR) is 53.9 cm³/mol. The zero-order valence-electron chi connectivity index (χ0n) is 8.28. The molecule has 0 unspecified atom stereocenters. The van der Waals surface area contributed by atoms with E-state index in [0.29, 0.717) is 6.04 Å². The minimum Gasteiger partial charge on any atom is -1.00 e. The van der Waals surface area contributed by atoms with Gasteiger partial charge in [0.25, 0.3) is 0 Å². The second-order valence-electron chi connectivity index (χ2n) is 3.65. The van der Waals surface area contributed by atoms with Crippen molar-refractivity contribution in [2.45, 2.75) is 30.6 Å². The van der Waals surface area contributed by atoms with Crippen LogP contribution in [0.4, 0.5) is 0 Å². The Kier molecular flexibility index (Phi) is 4.47. The van der Waals surface area contributed by atoms with Gasteiger partial charge in [0.15, 0.2) is 0 Å². The standard InChI is InChI=1S/C9H15N3S.BrH/c1-11-5-6-12(9(11)13)7-8-3-2-4-10-8;/h5-6,8,10H,2-4,7H2,1H3;1H/t8-;/m0./s1. The average Bonchev–Trinajstić information content (AvgIpc) is 2.71. The molecule has 1 aromatic rings. The summed E-state index contributed by atoms with van der Waals surface area (Å²) in [5.74, 6) is 0. The molecular weight excluding hydrogens is 262 g/mol. The van der Waals surface area contributed by atoms with Gasteiger partial charge in [0.1, 0.15) is 18.9 Å². The van der Waals surface area contributed by atoms with E-state index in [-0.39, 0.29) is 17.0 Å². The zero-order valence-corrected chi connectivity index (χ0v) is 10.8. The summed E-state index contributed by atoms with van der Waals surface area (Å²) in [6.07, 6.45) is 6.72. The van der Waals surface area contributed by atoms with E-state index in [0.717, 1.165) is 11.7 Å². The lowest BCUT2D eigenvalue weighted by Gasteiger charge is -2.06. The van der Waals surface area contributed by atoms with E-state index in [1.807, 2.05) is 17.8 Å². The number of nitrogens with zero attached hydrogens (tertiary/aromatic N) is 2. The van der Waals surface area contributed by atoms with Gasteiger partial charge in [-0.05, 0) is 19.4 Å². The molecule has 1 fully saturated rings. The fourth-order valence-electron chi connectivity index (χ4n) is 1.81. The highest BCUT2D eigenvalue weighted by Gasteiger charge is 2.19. The van der Waals surface area contributed by atoms with Crippen LogP contribution >= 0.6 is 12.6 Å². The highest BCUT2D eigenvalue weighted by Crippen LogP contribution is 2.09. The van der Waals surface area contributed by atoms with Crippen LogP contribution in [-0.2, 0) is 13.6 Å². The number of aromatic nitrogens is 2. The first-order valence-electron chi connectivity index (χ1n) is 4.74. The third kappa shape index (κ3) is 2.52. The second kappa shape index (κ2) is 5.19. The van der Waals surface area contributed by atoms with Crippen LogP contribution in [0.3, 0.4) is 0 Å². The fraction of sp³-hybridized carbons (Fsp3) is 0.667. The van der Waals surface area contributed by atoms with E-state index in [9.17, 15) is 0 Å². The van der Waals surface area contributed by atoms with E-state index < -0.39 is 0 Å². The Morgan fingerprint density at radius 2 is 2.50 bits per heavy atom. The van der Waals surface area contributed by atoms with Gasteiger partial charge in [-0.15, -0.1) is 0 Å². The van der Waals surface area contributed by atoms with Crippen molar-refractivity contribution in [1.29, 1.82) is 0 Å². The molecule has 1 N–H and O–H groups in total. The molecule has 0 radical (unpaired) electrons. The van der Waals surface area contributed by atoms with Crippen molar-refractivity contribution < 1.29 is 21.5 Å². The van der Waals surface area contributed by atoms with Gasteiger partial charge in [0.05, 0.1) is 7.05 Å². The van der Waals surface area contributed by atoms with Crippen molar-refractivity contribution in [2.75, 3.05) is 6.54 Å². The maximum Gasteiger partial charge on any atom is 0.314 e. The van der Waals surface area contributed by atoms with Gasteiger partial charge in [-0.2, -0.15) is 0 Å². The van der Waals surface area contributed by atoms with E-state index in [2.05, 4.69) is 28.7 Å². The highest BCUT2D eigenvalue weighted by molar-refractivity contribution is 7.80. The zero-order chi connectivity index (χ0) is 9.26. The molecule has 0 amide bonds. The van der Waals surface area contributed by atoms with Gasteiger partial charge in [-0.1, -0.05) is 12.6 Å². The molecule has 0 aromatic carbocycles. The van der Waals surface area contributed by atoms with Gasteiger partial charge in [0, 0.05) is 6.04 Å². The number of imidazole rings is 1. The van der Waals surface area contributed by atoms with Gasteiger partial charge >= 0.3 is 5.16 Å². The molecule has 0 saturated carbocycles. The van der Waals surface area contributed by atoms with E-state index in [1.54, 1.807) is 0 Å². The van der Waals surface area contributed by atoms with E-state index >= 15 is 0 Å². The Morgan fingerprint density at radius 3 is 3.00 bits per heavy atom. The number of hydrogen-bond donors (Lipinski definition) is 2. The Bertz CT molecular complexity index is 294. The topological polar surface area (TPSA) is 20.8 Å². The Balaban J connectivity index is 0.000000980. The molecule has 14 heavy (non-hydrogen) atoms. The van der Waals surface area contributed by atoms with Crippen LogP contribution in [0.25, 0.3) is 0 Å². The Hall–Kier alpha value is -0.000000000000000111. The molecule has 1 aliphatic heterocycles. The highest BCUT2D eigenvalue weighted by atomic mass is 79.9. The van der Waals surface area contributed by atoms with Crippen LogP contribution in [0, 0.1) is 0 Å². The van der Waals surface area contributed by atoms with Gasteiger partial charge < -0.3 is 22.3 Å². The number of rotatable bonds is 2. The number of aryl methyl sites for hydroxylation is 1. The first-order chi connectivity index (χ1) is 6.27. The smallest absolute Gasteiger partial charge is 0.314 e. The van der Waals surface area contributed by atoms with Crippen LogP contribution in [0.2, 0.25) is 0 Å². The molecule has 3 nitrogen and oxygen atoms in total. The fourth-order valence-corrected chi connectivity index (χ4v) is 2.02. The normalized spacial score (nSPS) is 20.9. The van der Waals surface area contributed by atoms with Crippen molar-refractivity contribution in [3.8, 4) is 0 Å². The van der Waals surface area contributed by atoms with Crippen molar-refractivity contribution in [1.82, 2.24) is 9.88 Å². The lowest BCUT2D eigenvalue weighted by atomic mass is 10.2. The first-order valence-corrected chi connectivity index (χ1v) is 5.19. The number of hydrogen-bond acceptors (Lipinski definition) is 2. The van der Waals surface area contributed by atoms with Gasteiger partial charge in [-0.25, -0.2) is 9.13 Å². The van der Waals surface area contributed by atoms with Crippen molar-refractivity contribution in [3.63, 3.8) is 0 Å². The molecule has 1 saturated heterocycles. The molecule has 1 aliphatic rings. The molecule has 1 atom stereocenters. The molecule has 5 heteroatoms. The molecule has 0 bridgehead atoms. The Labute approximate surface area is 101 Å². The minimum absolute atomic E-state index is 0. The van der Waals surface area contributed by atoms with Gasteiger partial charge in [-0.3, -0.25) is 0 Å². The van der Waals surface area contributed by atoms with Crippen LogP contribution < -0.4 is 26.9 Å². The maximum absolute atomic E-state index is 4.43. The summed E-state index contributed by atoms with van der Waals surface area (Å²) in [6.45, 7) is 2.21. The number of thiol groups is 1. The molecule has 1 aromatic heterocycles. The molecule has 0 aliphatic carbocycles. The largest absolute Gasteiger partial charge is 1.00 e. The molecule has 2 rings (SSSR count). The summed E-state index contributed by atoms with van der Waals surface area (Å²) in [7, 11) is 2.01. The van der Waals surface area contributed by atoms with E-state index in [1.165, 1.54) is 19.4 Å². The van der Waals surface area contributed by atoms with Crippen LogP contribution in [0.15, 0.2) is 17.6 Å². The molecule has 80 valence electrons. The third-order valence-electron chi connectivity index (χ3n) is 2.62. The number of nitrogens with one attached hydrogen (secondary N) is 1. The Morgan fingerprint density at radius 1 is 1.71 bits per heavy atom. The van der Waals surface area contributed by atoms with E-state index in [4.69, 9.17) is 0 Å². The van der Waals surface area contributed by atoms with Crippen molar-refractivity contribution in [2.24, 2.45) is 7.05 Å². The summed E-state index contributed by atoms with van der Waals surface area (Å²) in [4.78, 5) is 0.